The number of phenols is 1. The smallest absolute Gasteiger partial charge is 0.212 e. The van der Waals surface area contributed by atoms with Crippen molar-refractivity contribution in [3.63, 3.8) is 0 Å². The van der Waals surface area contributed by atoms with Crippen molar-refractivity contribution in [2.45, 2.75) is 0 Å². The van der Waals surface area contributed by atoms with Crippen molar-refractivity contribution in [2.24, 2.45) is 16.5 Å². The Hall–Kier alpha value is -2.08. The number of hydrogen-bond donors (Lipinski definition) is 3. The van der Waals surface area contributed by atoms with Crippen LogP contribution in [-0.2, 0) is 0 Å². The van der Waals surface area contributed by atoms with Gasteiger partial charge in [0.2, 0.25) is 5.13 Å². The quantitative estimate of drug-likeness (QED) is 0.540. The van der Waals surface area contributed by atoms with Crippen molar-refractivity contribution in [1.82, 2.24) is 4.98 Å². The summed E-state index contributed by atoms with van der Waals surface area (Å²) in [5.41, 5.74) is 11.8. The van der Waals surface area contributed by atoms with Gasteiger partial charge in [0.1, 0.15) is 5.75 Å². The van der Waals surface area contributed by atoms with Gasteiger partial charge in [-0.3, -0.25) is 0 Å². The summed E-state index contributed by atoms with van der Waals surface area (Å²) in [6, 6.07) is 6.97. The lowest BCUT2D eigenvalue weighted by molar-refractivity contribution is 0.477. The van der Waals surface area contributed by atoms with E-state index in [0.29, 0.717) is 16.4 Å². The van der Waals surface area contributed by atoms with Crippen LogP contribution >= 0.6 is 11.3 Å². The molecule has 0 amide bonds. The van der Waals surface area contributed by atoms with Crippen LogP contribution in [0.4, 0.5) is 5.13 Å². The van der Waals surface area contributed by atoms with Crippen molar-refractivity contribution in [1.29, 1.82) is 0 Å². The fourth-order valence-electron chi connectivity index (χ4n) is 1.24. The summed E-state index contributed by atoms with van der Waals surface area (Å²) in [7, 11) is 0. The van der Waals surface area contributed by atoms with Gasteiger partial charge < -0.3 is 16.6 Å². The number of hydrogen-bond acceptors (Lipinski definition) is 4. The molecule has 0 radical (unpaired) electrons. The molecule has 82 valence electrons. The number of para-hydroxylation sites is 1. The molecule has 5 nitrogen and oxygen atoms in total. The second kappa shape index (κ2) is 4.19. The zero-order valence-electron chi connectivity index (χ0n) is 8.29. The second-order valence-electron chi connectivity index (χ2n) is 3.07. The Morgan fingerprint density at radius 2 is 2.06 bits per heavy atom. The van der Waals surface area contributed by atoms with E-state index in [1.54, 1.807) is 23.6 Å². The van der Waals surface area contributed by atoms with Gasteiger partial charge in [0.05, 0.1) is 5.69 Å². The van der Waals surface area contributed by atoms with Gasteiger partial charge in [-0.25, -0.2) is 4.98 Å². The lowest BCUT2D eigenvalue weighted by atomic mass is 10.1. The van der Waals surface area contributed by atoms with Crippen LogP contribution in [0.3, 0.4) is 0 Å². The van der Waals surface area contributed by atoms with Gasteiger partial charge >= 0.3 is 0 Å². The number of guanidine groups is 1. The summed E-state index contributed by atoms with van der Waals surface area (Å²) >= 11 is 1.31. The number of nitrogens with two attached hydrogens (primary N) is 2. The molecule has 16 heavy (non-hydrogen) atoms. The molecule has 0 spiro atoms. The van der Waals surface area contributed by atoms with E-state index in [-0.39, 0.29) is 11.7 Å². The first-order valence-electron chi connectivity index (χ1n) is 4.50. The zero-order valence-corrected chi connectivity index (χ0v) is 9.11. The number of thiazole rings is 1. The van der Waals surface area contributed by atoms with E-state index in [2.05, 4.69) is 9.98 Å². The molecule has 0 saturated carbocycles. The normalized spacial score (nSPS) is 10.0. The summed E-state index contributed by atoms with van der Waals surface area (Å²) in [5, 5.41) is 11.9. The average molecular weight is 234 g/mol. The summed E-state index contributed by atoms with van der Waals surface area (Å²) in [6.07, 6.45) is 0. The molecule has 6 heteroatoms. The number of nitrogens with zero attached hydrogens (tertiary/aromatic N) is 2. The Labute approximate surface area is 96.1 Å². The maximum absolute atomic E-state index is 9.63. The Morgan fingerprint density at radius 3 is 2.75 bits per heavy atom. The third-order valence-electron chi connectivity index (χ3n) is 1.90. The number of rotatable bonds is 2. The maximum atomic E-state index is 9.63. The highest BCUT2D eigenvalue weighted by atomic mass is 32.1. The molecule has 0 fully saturated rings. The Morgan fingerprint density at radius 1 is 1.31 bits per heavy atom. The fourth-order valence-corrected chi connectivity index (χ4v) is 1.95. The van der Waals surface area contributed by atoms with Crippen molar-refractivity contribution in [2.75, 3.05) is 0 Å². The van der Waals surface area contributed by atoms with Gasteiger partial charge in [-0.15, -0.1) is 11.3 Å². The molecule has 0 aliphatic heterocycles. The van der Waals surface area contributed by atoms with E-state index in [1.165, 1.54) is 11.3 Å². The van der Waals surface area contributed by atoms with E-state index < -0.39 is 0 Å². The first kappa shape index (κ1) is 10.4. The SMILES string of the molecule is NC(N)=Nc1nc(-c2ccccc2O)cs1. The predicted octanol–water partition coefficient (Wildman–Crippen LogP) is 1.42. The van der Waals surface area contributed by atoms with Gasteiger partial charge in [0, 0.05) is 10.9 Å². The van der Waals surface area contributed by atoms with Crippen molar-refractivity contribution < 1.29 is 5.11 Å². The third-order valence-corrected chi connectivity index (χ3v) is 2.63. The highest BCUT2D eigenvalue weighted by molar-refractivity contribution is 7.13. The second-order valence-corrected chi connectivity index (χ2v) is 3.91. The molecule has 1 aromatic carbocycles. The molecule has 0 unspecified atom stereocenters. The monoisotopic (exact) mass is 234 g/mol. The lowest BCUT2D eigenvalue weighted by Gasteiger charge is -1.98. The van der Waals surface area contributed by atoms with Crippen LogP contribution in [0, 0.1) is 0 Å². The van der Waals surface area contributed by atoms with Crippen molar-refractivity contribution in [3.8, 4) is 17.0 Å². The molecular formula is C10H10N4OS. The Bertz CT molecular complexity index is 531. The highest BCUT2D eigenvalue weighted by Gasteiger charge is 2.07. The van der Waals surface area contributed by atoms with E-state index >= 15 is 0 Å². The summed E-state index contributed by atoms with van der Waals surface area (Å²) in [6.45, 7) is 0. The molecular weight excluding hydrogens is 224 g/mol. The molecule has 5 N–H and O–H groups in total. The van der Waals surface area contributed by atoms with E-state index in [9.17, 15) is 5.11 Å². The number of phenolic OH excluding ortho intramolecular Hbond substituents is 1. The van der Waals surface area contributed by atoms with E-state index in [0.717, 1.165) is 0 Å². The first-order valence-corrected chi connectivity index (χ1v) is 5.38. The van der Waals surface area contributed by atoms with Crippen LogP contribution in [0.1, 0.15) is 0 Å². The standard InChI is InChI=1S/C10H10N4OS/c11-9(12)14-10-13-7(5-16-10)6-3-1-2-4-8(6)15/h1-5,15H,(H4,11,12,13,14). The van der Waals surface area contributed by atoms with Crippen LogP contribution in [0.5, 0.6) is 5.75 Å². The van der Waals surface area contributed by atoms with Crippen LogP contribution in [0.15, 0.2) is 34.6 Å². The molecule has 0 bridgehead atoms. The topological polar surface area (TPSA) is 97.5 Å². The molecule has 1 aromatic heterocycles. The maximum Gasteiger partial charge on any atom is 0.212 e. The third kappa shape index (κ3) is 2.12. The highest BCUT2D eigenvalue weighted by Crippen LogP contribution is 2.31. The van der Waals surface area contributed by atoms with Gasteiger partial charge in [-0.05, 0) is 12.1 Å². The average Bonchev–Trinajstić information content (AvgIpc) is 2.66. The van der Waals surface area contributed by atoms with Crippen molar-refractivity contribution >= 4 is 22.4 Å². The van der Waals surface area contributed by atoms with Crippen molar-refractivity contribution in [3.05, 3.63) is 29.6 Å². The molecule has 0 aliphatic rings. The fraction of sp³-hybridized carbons (Fsp3) is 0. The Balaban J connectivity index is 2.39. The number of aromatic hydroxyl groups is 1. The molecule has 0 atom stereocenters. The van der Waals surface area contributed by atoms with Gasteiger partial charge in [0.15, 0.2) is 5.96 Å². The summed E-state index contributed by atoms with van der Waals surface area (Å²) < 4.78 is 0. The Kier molecular flexibility index (Phi) is 2.74. The minimum Gasteiger partial charge on any atom is -0.507 e. The van der Waals surface area contributed by atoms with E-state index in [1.807, 2.05) is 6.07 Å². The van der Waals surface area contributed by atoms with Crippen LogP contribution in [-0.4, -0.2) is 16.1 Å². The minimum atomic E-state index is -0.0295. The minimum absolute atomic E-state index is 0.0295. The molecule has 2 rings (SSSR count). The van der Waals surface area contributed by atoms with Crippen LogP contribution < -0.4 is 11.5 Å². The molecule has 2 aromatic rings. The number of benzene rings is 1. The number of aromatic nitrogens is 1. The van der Waals surface area contributed by atoms with Crippen LogP contribution in [0.25, 0.3) is 11.3 Å². The van der Waals surface area contributed by atoms with Gasteiger partial charge in [0.25, 0.3) is 0 Å². The first-order chi connectivity index (χ1) is 7.66. The van der Waals surface area contributed by atoms with E-state index in [4.69, 9.17) is 11.5 Å². The van der Waals surface area contributed by atoms with Gasteiger partial charge in [-0.2, -0.15) is 4.99 Å². The largest absolute Gasteiger partial charge is 0.507 e. The predicted molar refractivity (Wildman–Crippen MR) is 64.7 cm³/mol. The molecule has 0 saturated heterocycles. The lowest BCUT2D eigenvalue weighted by Crippen LogP contribution is -2.21. The molecule has 0 aliphatic carbocycles. The van der Waals surface area contributed by atoms with Crippen LogP contribution in [0.2, 0.25) is 0 Å². The summed E-state index contributed by atoms with van der Waals surface area (Å²) in [4.78, 5) is 8.03. The number of aliphatic imine (C=N–C) groups is 1. The molecule has 1 heterocycles. The van der Waals surface area contributed by atoms with Gasteiger partial charge in [-0.1, -0.05) is 12.1 Å². The zero-order chi connectivity index (χ0) is 11.5. The summed E-state index contributed by atoms with van der Waals surface area (Å²) in [5.74, 6) is 0.155.